The number of carbonyl (C=O) groups excluding carboxylic acids is 2. The van der Waals surface area contributed by atoms with Crippen LogP contribution in [0.3, 0.4) is 0 Å². The molecule has 1 aromatic carbocycles. The lowest BCUT2D eigenvalue weighted by Crippen LogP contribution is -2.38. The zero-order valence-corrected chi connectivity index (χ0v) is 18.9. The fourth-order valence-corrected chi connectivity index (χ4v) is 3.70. The molecule has 4 atom stereocenters. The molecule has 1 aromatic rings. The smallest absolute Gasteiger partial charge is 0.411 e. The van der Waals surface area contributed by atoms with Crippen molar-refractivity contribution < 1.29 is 38.0 Å². The molecule has 2 N–H and O–H groups in total. The molecule has 10 nitrogen and oxygen atoms in total. The van der Waals surface area contributed by atoms with Crippen LogP contribution in [-0.2, 0) is 39.6 Å². The quantitative estimate of drug-likeness (QED) is 0.405. The molecule has 32 heavy (non-hydrogen) atoms. The number of carbonyl (C=O) groups is 2. The van der Waals surface area contributed by atoms with E-state index in [1.165, 1.54) is 7.11 Å². The fourth-order valence-electron chi connectivity index (χ4n) is 3.70. The minimum Gasteiger partial charge on any atom is -0.469 e. The lowest BCUT2D eigenvalue weighted by Gasteiger charge is -2.23. The summed E-state index contributed by atoms with van der Waals surface area (Å²) in [5.41, 5.74) is 1.39. The fraction of sp³-hybridized carbons (Fsp3) is 0.636. The maximum Gasteiger partial charge on any atom is 0.411 e. The van der Waals surface area contributed by atoms with Crippen LogP contribution in [0.4, 0.5) is 10.5 Å². The monoisotopic (exact) mass is 452 g/mol. The van der Waals surface area contributed by atoms with E-state index in [4.69, 9.17) is 23.7 Å². The van der Waals surface area contributed by atoms with Gasteiger partial charge >= 0.3 is 12.1 Å². The van der Waals surface area contributed by atoms with Crippen LogP contribution >= 0.6 is 0 Å². The van der Waals surface area contributed by atoms with Gasteiger partial charge in [-0.15, -0.1) is 0 Å². The second-order valence-corrected chi connectivity index (χ2v) is 8.11. The first-order chi connectivity index (χ1) is 15.3. The van der Waals surface area contributed by atoms with Crippen LogP contribution in [0.1, 0.15) is 25.8 Å². The van der Waals surface area contributed by atoms with Crippen molar-refractivity contribution in [2.24, 2.45) is 0 Å². The molecule has 2 aliphatic rings. The summed E-state index contributed by atoms with van der Waals surface area (Å²) in [7, 11) is 2.93. The van der Waals surface area contributed by atoms with E-state index in [1.54, 1.807) is 31.4 Å². The van der Waals surface area contributed by atoms with Crippen molar-refractivity contribution in [1.29, 1.82) is 0 Å². The third kappa shape index (κ3) is 6.63. The van der Waals surface area contributed by atoms with Gasteiger partial charge in [0.2, 0.25) is 0 Å². The molecule has 1 amide bonds. The molecule has 0 bridgehead atoms. The summed E-state index contributed by atoms with van der Waals surface area (Å²) in [6.45, 7) is 5.24. The number of ether oxygens (including phenoxy) is 6. The standard InChI is InChI=1S/C22H32N2O8/c1-22(2)31-18-16(30-20(28-4)19(18)32-22)13-23-10-5-11-29-21(26)24-15-8-6-14(7-9-15)12-17(25)27-3/h6-9,16,18-20,23H,5,10-13H2,1-4H3,(H,24,26)/t16-,18+,19+,20+/m1/s1. The van der Waals surface area contributed by atoms with E-state index in [2.05, 4.69) is 15.4 Å². The average molecular weight is 453 g/mol. The molecule has 0 saturated carbocycles. The molecule has 0 aliphatic carbocycles. The minimum atomic E-state index is -0.656. The van der Waals surface area contributed by atoms with Crippen LogP contribution in [0.15, 0.2) is 24.3 Å². The Morgan fingerprint density at radius 2 is 1.81 bits per heavy atom. The predicted molar refractivity (Wildman–Crippen MR) is 114 cm³/mol. The van der Waals surface area contributed by atoms with Gasteiger partial charge in [-0.3, -0.25) is 10.1 Å². The van der Waals surface area contributed by atoms with Crippen molar-refractivity contribution in [2.45, 2.75) is 57.1 Å². The molecule has 0 aromatic heterocycles. The Kier molecular flexibility index (Phi) is 8.44. The second-order valence-electron chi connectivity index (χ2n) is 8.11. The van der Waals surface area contributed by atoms with Gasteiger partial charge in [0.1, 0.15) is 18.3 Å². The number of hydrogen-bond acceptors (Lipinski definition) is 9. The van der Waals surface area contributed by atoms with Gasteiger partial charge in [-0.2, -0.15) is 0 Å². The van der Waals surface area contributed by atoms with E-state index in [0.29, 0.717) is 25.2 Å². The predicted octanol–water partition coefficient (Wildman–Crippen LogP) is 1.82. The average Bonchev–Trinajstić information content (AvgIpc) is 3.24. The van der Waals surface area contributed by atoms with Crippen molar-refractivity contribution in [2.75, 3.05) is 39.2 Å². The largest absolute Gasteiger partial charge is 0.469 e. The summed E-state index contributed by atoms with van der Waals surface area (Å²) >= 11 is 0. The van der Waals surface area contributed by atoms with Gasteiger partial charge in [0.05, 0.1) is 20.1 Å². The highest BCUT2D eigenvalue weighted by Gasteiger charge is 2.55. The number of nitrogens with one attached hydrogen (secondary N) is 2. The van der Waals surface area contributed by atoms with Crippen LogP contribution < -0.4 is 10.6 Å². The number of benzene rings is 1. The Morgan fingerprint density at radius 3 is 2.50 bits per heavy atom. The summed E-state index contributed by atoms with van der Waals surface area (Å²) in [6.07, 6.45) is -0.776. The van der Waals surface area contributed by atoms with Crippen LogP contribution in [0.5, 0.6) is 0 Å². The van der Waals surface area contributed by atoms with Crippen LogP contribution in [0, 0.1) is 0 Å². The molecule has 10 heteroatoms. The molecule has 178 valence electrons. The molecule has 2 heterocycles. The first-order valence-corrected chi connectivity index (χ1v) is 10.7. The van der Waals surface area contributed by atoms with Gasteiger partial charge < -0.3 is 33.7 Å². The Morgan fingerprint density at radius 1 is 1.09 bits per heavy atom. The van der Waals surface area contributed by atoms with E-state index in [1.807, 2.05) is 13.8 Å². The lowest BCUT2D eigenvalue weighted by molar-refractivity contribution is -0.226. The molecule has 2 saturated heterocycles. The van der Waals surface area contributed by atoms with Crippen molar-refractivity contribution >= 4 is 17.7 Å². The molecule has 0 radical (unpaired) electrons. The zero-order valence-electron chi connectivity index (χ0n) is 18.9. The van der Waals surface area contributed by atoms with Crippen LogP contribution in [0.25, 0.3) is 0 Å². The SMILES string of the molecule is COC(=O)Cc1ccc(NC(=O)OCCCNC[C@H]2O[C@H](OC)[C@H]3OC(C)(C)O[C@H]32)cc1. The van der Waals surface area contributed by atoms with Gasteiger partial charge in [-0.1, -0.05) is 12.1 Å². The zero-order chi connectivity index (χ0) is 23.1. The highest BCUT2D eigenvalue weighted by molar-refractivity contribution is 5.84. The molecule has 0 unspecified atom stereocenters. The number of rotatable bonds is 10. The number of amides is 1. The normalized spacial score (nSPS) is 25.9. The first-order valence-electron chi connectivity index (χ1n) is 10.7. The Balaban J connectivity index is 1.30. The third-order valence-corrected chi connectivity index (χ3v) is 5.19. The van der Waals surface area contributed by atoms with Gasteiger partial charge in [0.25, 0.3) is 0 Å². The van der Waals surface area contributed by atoms with Gasteiger partial charge in [-0.25, -0.2) is 4.79 Å². The highest BCUT2D eigenvalue weighted by atomic mass is 16.8. The van der Waals surface area contributed by atoms with Gasteiger partial charge in [-0.05, 0) is 44.5 Å². The van der Waals surface area contributed by atoms with Crippen molar-refractivity contribution in [1.82, 2.24) is 5.32 Å². The maximum absolute atomic E-state index is 11.9. The summed E-state index contributed by atoms with van der Waals surface area (Å²) in [5, 5.41) is 5.95. The van der Waals surface area contributed by atoms with Crippen molar-refractivity contribution in [3.63, 3.8) is 0 Å². The number of fused-ring (bicyclic) bond motifs is 1. The number of anilines is 1. The summed E-state index contributed by atoms with van der Waals surface area (Å²) in [5.74, 6) is -0.971. The molecule has 3 rings (SSSR count). The summed E-state index contributed by atoms with van der Waals surface area (Å²) in [6, 6.07) is 6.92. The molecule has 0 spiro atoms. The number of esters is 1. The molecular formula is C22H32N2O8. The van der Waals surface area contributed by atoms with Crippen molar-refractivity contribution in [3.05, 3.63) is 29.8 Å². The topological polar surface area (TPSA) is 114 Å². The molecular weight excluding hydrogens is 420 g/mol. The summed E-state index contributed by atoms with van der Waals surface area (Å²) < 4.78 is 32.9. The van der Waals surface area contributed by atoms with E-state index in [9.17, 15) is 9.59 Å². The second kappa shape index (κ2) is 11.1. The van der Waals surface area contributed by atoms with Crippen LogP contribution in [0.2, 0.25) is 0 Å². The maximum atomic E-state index is 11.9. The van der Waals surface area contributed by atoms with Gasteiger partial charge in [0, 0.05) is 19.3 Å². The number of methoxy groups -OCH3 is 2. The minimum absolute atomic E-state index is 0.182. The van der Waals surface area contributed by atoms with Crippen molar-refractivity contribution in [3.8, 4) is 0 Å². The van der Waals surface area contributed by atoms with E-state index < -0.39 is 18.2 Å². The van der Waals surface area contributed by atoms with Gasteiger partial charge in [0.15, 0.2) is 12.1 Å². The number of hydrogen-bond donors (Lipinski definition) is 2. The first kappa shape index (κ1) is 24.4. The highest BCUT2D eigenvalue weighted by Crippen LogP contribution is 2.38. The molecule has 2 fully saturated rings. The Bertz CT molecular complexity index is 770. The van der Waals surface area contributed by atoms with Crippen LogP contribution in [-0.4, -0.2) is 76.4 Å². The van der Waals surface area contributed by atoms with E-state index in [0.717, 1.165) is 5.56 Å². The third-order valence-electron chi connectivity index (χ3n) is 5.19. The molecule has 2 aliphatic heterocycles. The lowest BCUT2D eigenvalue weighted by atomic mass is 10.1. The Hall–Kier alpha value is -2.24. The van der Waals surface area contributed by atoms with E-state index >= 15 is 0 Å². The summed E-state index contributed by atoms with van der Waals surface area (Å²) in [4.78, 5) is 23.2. The van der Waals surface area contributed by atoms with E-state index in [-0.39, 0.29) is 37.3 Å². The Labute approximate surface area is 187 Å².